The van der Waals surface area contributed by atoms with Gasteiger partial charge in [0.15, 0.2) is 18.1 Å². The Hall–Kier alpha value is -4.17. The lowest BCUT2D eigenvalue weighted by Gasteiger charge is -2.43. The molecule has 3 aromatic rings. The number of hydrogen-bond acceptors (Lipinski definition) is 9. The lowest BCUT2D eigenvalue weighted by molar-refractivity contribution is -0.141. The van der Waals surface area contributed by atoms with Crippen LogP contribution in [0.4, 0.5) is 10.1 Å². The summed E-state index contributed by atoms with van der Waals surface area (Å²) in [6.07, 6.45) is 2.53. The van der Waals surface area contributed by atoms with E-state index in [4.69, 9.17) is 14.6 Å². The molecule has 7 rings (SSSR count). The van der Waals surface area contributed by atoms with Gasteiger partial charge in [-0.2, -0.15) is 0 Å². The zero-order valence-corrected chi connectivity index (χ0v) is 27.6. The van der Waals surface area contributed by atoms with Gasteiger partial charge in [-0.15, -0.1) is 11.8 Å². The van der Waals surface area contributed by atoms with E-state index in [1.54, 1.807) is 17.8 Å². The summed E-state index contributed by atoms with van der Waals surface area (Å²) in [5.74, 6) is -2.25. The number of carbonyl (C=O) groups is 4. The van der Waals surface area contributed by atoms with Gasteiger partial charge in [0.05, 0.1) is 24.0 Å². The fourth-order valence-electron chi connectivity index (χ4n) is 8.27. The fourth-order valence-corrected chi connectivity index (χ4v) is 11.2. The average molecular weight is 696 g/mol. The predicted octanol–water partition coefficient (Wildman–Crippen LogP) is 4.72. The van der Waals surface area contributed by atoms with Crippen LogP contribution in [0.1, 0.15) is 48.5 Å². The van der Waals surface area contributed by atoms with Crippen molar-refractivity contribution in [1.29, 1.82) is 0 Å². The maximum Gasteiger partial charge on any atom is 0.305 e. The summed E-state index contributed by atoms with van der Waals surface area (Å²) in [4.78, 5) is 68.6. The second-order valence-corrected chi connectivity index (χ2v) is 14.9. The molecule has 6 unspecified atom stereocenters. The number of aliphatic carboxylic acids is 1. The number of carboxylic acids is 1. The van der Waals surface area contributed by atoms with E-state index in [9.17, 15) is 28.4 Å². The van der Waals surface area contributed by atoms with E-state index in [1.165, 1.54) is 36.3 Å². The number of likely N-dealkylation sites (tertiary alicyclic amines) is 1. The number of carboxylic acid groups (broad SMARTS) is 1. The molecule has 1 saturated heterocycles. The zero-order chi connectivity index (χ0) is 33.7. The third-order valence-corrected chi connectivity index (χ3v) is 12.7. The number of amides is 3. The Morgan fingerprint density at radius 2 is 1.77 bits per heavy atom. The number of anilines is 1. The second-order valence-electron chi connectivity index (χ2n) is 12.7. The van der Waals surface area contributed by atoms with Gasteiger partial charge in [-0.1, -0.05) is 23.8 Å². The molecule has 2 bridgehead atoms. The van der Waals surface area contributed by atoms with Crippen molar-refractivity contribution in [3.8, 4) is 11.5 Å². The average Bonchev–Trinajstić information content (AvgIpc) is 3.80. The van der Waals surface area contributed by atoms with Crippen molar-refractivity contribution in [2.24, 2.45) is 29.6 Å². The molecule has 7 atom stereocenters. The smallest absolute Gasteiger partial charge is 0.305 e. The van der Waals surface area contributed by atoms with Crippen molar-refractivity contribution in [3.05, 3.63) is 68.4 Å². The highest BCUT2D eigenvalue weighted by Crippen LogP contribution is 2.68. The maximum absolute atomic E-state index is 13.8. The van der Waals surface area contributed by atoms with Gasteiger partial charge >= 0.3 is 10.8 Å². The van der Waals surface area contributed by atoms with E-state index in [0.717, 1.165) is 33.2 Å². The molecular formula is C34H34FN3O8S2. The van der Waals surface area contributed by atoms with Crippen LogP contribution >= 0.6 is 23.1 Å². The standard InChI is InChI=1S/C34H34FN3O8S2/c1-45-22-13-16(6-11-21(22)46-15-23(39)36-18-9-7-17(35)8-10-18)25-26-19-14-20(29(26)47-31-30(25)48-34(44)37-31)28-27(19)32(42)38(33(28)43)12-4-2-3-5-24(40)41/h6-11,13,19-20,25-29H,2-5,12,14-15H2,1H3,(H,36,39)(H,37,44)(H,40,41)/t19?,20?,25-,26?,27?,28?,29?/m1/s1. The van der Waals surface area contributed by atoms with Crippen LogP contribution in [-0.2, 0) is 19.2 Å². The molecule has 1 aromatic heterocycles. The highest BCUT2D eigenvalue weighted by atomic mass is 32.2. The number of aromatic amines is 1. The van der Waals surface area contributed by atoms with Crippen molar-refractivity contribution in [3.63, 3.8) is 0 Å². The normalized spacial score (nSPS) is 26.6. The topological polar surface area (TPSA) is 155 Å². The summed E-state index contributed by atoms with van der Waals surface area (Å²) in [5.41, 5.74) is 1.32. The number of carbonyl (C=O) groups excluding carboxylic acids is 3. The summed E-state index contributed by atoms with van der Waals surface area (Å²) < 4.78 is 24.7. The van der Waals surface area contributed by atoms with E-state index in [-0.39, 0.29) is 64.6 Å². The molecule has 4 aliphatic rings. The molecule has 3 heterocycles. The lowest BCUT2D eigenvalue weighted by atomic mass is 9.68. The third kappa shape index (κ3) is 5.78. The number of methoxy groups -OCH3 is 1. The van der Waals surface area contributed by atoms with Crippen LogP contribution in [0, 0.1) is 35.4 Å². The minimum Gasteiger partial charge on any atom is -0.493 e. The Labute approximate surface area is 283 Å². The van der Waals surface area contributed by atoms with Crippen molar-refractivity contribution in [2.45, 2.75) is 48.3 Å². The molecule has 0 radical (unpaired) electrons. The van der Waals surface area contributed by atoms with E-state index >= 15 is 0 Å². The molecule has 2 aromatic carbocycles. The quantitative estimate of drug-likeness (QED) is 0.180. The monoisotopic (exact) mass is 695 g/mol. The SMILES string of the molecule is COc1cc([C@H]2c3sc(=O)[nH]c3SC3C4CC(C5C(=O)N(CCCCCC(=O)O)C(=O)C45)C32)ccc1OCC(=O)Nc1ccc(F)cc1. The number of unbranched alkanes of at least 4 members (excludes halogenated alkanes) is 2. The Balaban J connectivity index is 1.11. The van der Waals surface area contributed by atoms with E-state index in [0.29, 0.717) is 43.0 Å². The number of fused-ring (bicyclic) bond motifs is 9. The number of H-pyrrole nitrogens is 1. The lowest BCUT2D eigenvalue weighted by Crippen LogP contribution is -2.42. The predicted molar refractivity (Wildman–Crippen MR) is 175 cm³/mol. The summed E-state index contributed by atoms with van der Waals surface area (Å²) in [5, 5.41) is 12.4. The van der Waals surface area contributed by atoms with Gasteiger partial charge in [-0.05, 0) is 79.0 Å². The molecule has 48 heavy (non-hydrogen) atoms. The third-order valence-electron chi connectivity index (χ3n) is 10.1. The number of nitrogens with one attached hydrogen (secondary N) is 2. The van der Waals surface area contributed by atoms with E-state index in [2.05, 4.69) is 10.3 Å². The second kappa shape index (κ2) is 13.0. The first-order valence-corrected chi connectivity index (χ1v) is 17.7. The molecule has 3 N–H and O–H groups in total. The number of aromatic nitrogens is 1. The number of thiazole rings is 1. The minimum absolute atomic E-state index is 0.00503. The van der Waals surface area contributed by atoms with Crippen molar-refractivity contribution >= 4 is 52.5 Å². The summed E-state index contributed by atoms with van der Waals surface area (Å²) in [6, 6.07) is 10.9. The van der Waals surface area contributed by atoms with E-state index < -0.39 is 23.6 Å². The molecule has 2 aliphatic heterocycles. The number of nitrogens with zero attached hydrogens (tertiary/aromatic N) is 1. The number of thioether (sulfide) groups is 1. The summed E-state index contributed by atoms with van der Waals surface area (Å²) >= 11 is 2.78. The molecule has 14 heteroatoms. The van der Waals surface area contributed by atoms with Crippen molar-refractivity contribution < 1.29 is 38.1 Å². The highest BCUT2D eigenvalue weighted by Gasteiger charge is 2.69. The van der Waals surface area contributed by atoms with Crippen LogP contribution in [0.3, 0.4) is 0 Å². The Bertz CT molecular complexity index is 1830. The van der Waals surface area contributed by atoms with Gasteiger partial charge in [-0.3, -0.25) is 28.9 Å². The molecule has 3 fully saturated rings. The number of rotatable bonds is 12. The molecular weight excluding hydrogens is 662 g/mol. The van der Waals surface area contributed by atoms with Crippen LogP contribution in [0.2, 0.25) is 0 Å². The van der Waals surface area contributed by atoms with Gasteiger partial charge in [0.2, 0.25) is 11.8 Å². The summed E-state index contributed by atoms with van der Waals surface area (Å²) in [7, 11) is 1.51. The van der Waals surface area contributed by atoms with Crippen LogP contribution in [0.25, 0.3) is 0 Å². The Kier molecular flexibility index (Phi) is 8.79. The largest absolute Gasteiger partial charge is 0.493 e. The number of benzene rings is 2. The van der Waals surface area contributed by atoms with E-state index in [1.807, 2.05) is 12.1 Å². The molecule has 2 aliphatic carbocycles. The number of ether oxygens (including phenoxy) is 2. The van der Waals surface area contributed by atoms with Crippen molar-refractivity contribution in [2.75, 3.05) is 25.6 Å². The maximum atomic E-state index is 13.8. The van der Waals surface area contributed by atoms with Crippen LogP contribution in [0.5, 0.6) is 11.5 Å². The first-order chi connectivity index (χ1) is 23.1. The number of imide groups is 1. The Morgan fingerprint density at radius 3 is 2.50 bits per heavy atom. The summed E-state index contributed by atoms with van der Waals surface area (Å²) in [6.45, 7) is -0.00266. The molecule has 11 nitrogen and oxygen atoms in total. The first kappa shape index (κ1) is 32.4. The van der Waals surface area contributed by atoms with Gasteiger partial charge in [0, 0.05) is 34.7 Å². The molecule has 0 spiro atoms. The number of halogens is 1. The Morgan fingerprint density at radius 1 is 1.02 bits per heavy atom. The van der Waals surface area contributed by atoms with Gasteiger partial charge in [-0.25, -0.2) is 4.39 Å². The van der Waals surface area contributed by atoms with Gasteiger partial charge in [0.25, 0.3) is 5.91 Å². The number of hydrogen-bond donors (Lipinski definition) is 3. The van der Waals surface area contributed by atoms with Crippen molar-refractivity contribution in [1.82, 2.24) is 9.88 Å². The van der Waals surface area contributed by atoms with Gasteiger partial charge < -0.3 is 24.9 Å². The zero-order valence-electron chi connectivity index (χ0n) is 26.0. The van der Waals surface area contributed by atoms with Crippen LogP contribution in [-0.4, -0.2) is 64.2 Å². The first-order valence-electron chi connectivity index (χ1n) is 16.0. The van der Waals surface area contributed by atoms with Crippen LogP contribution < -0.4 is 19.7 Å². The van der Waals surface area contributed by atoms with Gasteiger partial charge in [0.1, 0.15) is 5.82 Å². The van der Waals surface area contributed by atoms with Crippen LogP contribution in [0.15, 0.2) is 52.3 Å². The molecule has 3 amide bonds. The fraction of sp³-hybridized carbons (Fsp3) is 0.441. The highest BCUT2D eigenvalue weighted by molar-refractivity contribution is 8.00. The molecule has 252 valence electrons. The minimum atomic E-state index is -0.857. The molecule has 2 saturated carbocycles.